The Morgan fingerprint density at radius 3 is 2.65 bits per heavy atom. The highest BCUT2D eigenvalue weighted by molar-refractivity contribution is 5.82. The molecule has 5 nitrogen and oxygen atoms in total. The first-order valence-electron chi connectivity index (χ1n) is 6.98. The Morgan fingerprint density at radius 2 is 1.95 bits per heavy atom. The molecule has 1 aromatic rings. The maximum Gasteiger partial charge on any atom is 0.331 e. The lowest BCUT2D eigenvalue weighted by atomic mass is 9.83. The van der Waals surface area contributed by atoms with E-state index >= 15 is 0 Å². The number of hydrogen-bond acceptors (Lipinski definition) is 4. The van der Waals surface area contributed by atoms with Gasteiger partial charge in [0.25, 0.3) is 0 Å². The molecule has 1 atom stereocenters. The molecule has 1 aromatic carbocycles. The number of rotatable bonds is 2. The van der Waals surface area contributed by atoms with Crippen LogP contribution in [0.3, 0.4) is 0 Å². The van der Waals surface area contributed by atoms with Gasteiger partial charge < -0.3 is 14.7 Å². The molecule has 1 unspecified atom stereocenters. The number of carboxylic acids is 1. The average Bonchev–Trinajstić information content (AvgIpc) is 2.47. The van der Waals surface area contributed by atoms with E-state index in [9.17, 15) is 9.90 Å². The normalized spacial score (nSPS) is 28.1. The number of hydrogen-bond donors (Lipinski definition) is 1. The highest BCUT2D eigenvalue weighted by atomic mass is 16.5. The summed E-state index contributed by atoms with van der Waals surface area (Å²) >= 11 is 0. The van der Waals surface area contributed by atoms with Gasteiger partial charge in [0.05, 0.1) is 13.2 Å². The minimum atomic E-state index is -1.03. The number of benzene rings is 1. The predicted octanol–water partition coefficient (Wildman–Crippen LogP) is 0.744. The average molecular weight is 276 g/mol. The van der Waals surface area contributed by atoms with Crippen molar-refractivity contribution >= 4 is 5.97 Å². The van der Waals surface area contributed by atoms with Crippen molar-refractivity contribution in [2.45, 2.75) is 12.1 Å². The molecule has 3 rings (SSSR count). The van der Waals surface area contributed by atoms with Crippen LogP contribution in [0.1, 0.15) is 11.1 Å². The van der Waals surface area contributed by atoms with E-state index in [0.717, 1.165) is 37.3 Å². The molecule has 0 aromatic heterocycles. The summed E-state index contributed by atoms with van der Waals surface area (Å²) in [6, 6.07) is 7.74. The largest absolute Gasteiger partial charge is 0.480 e. The molecule has 1 N–H and O–H groups in total. The first-order chi connectivity index (χ1) is 9.64. The van der Waals surface area contributed by atoms with E-state index in [-0.39, 0.29) is 6.61 Å². The predicted molar refractivity (Wildman–Crippen MR) is 74.5 cm³/mol. The van der Waals surface area contributed by atoms with Gasteiger partial charge in [-0.25, -0.2) is 4.79 Å². The highest BCUT2D eigenvalue weighted by Crippen LogP contribution is 2.36. The van der Waals surface area contributed by atoms with Gasteiger partial charge in [0.1, 0.15) is 0 Å². The van der Waals surface area contributed by atoms with E-state index in [2.05, 4.69) is 16.8 Å². The minimum Gasteiger partial charge on any atom is -0.480 e. The smallest absolute Gasteiger partial charge is 0.331 e. The Hall–Kier alpha value is -1.43. The zero-order valence-electron chi connectivity index (χ0n) is 11.7. The monoisotopic (exact) mass is 276 g/mol. The molecule has 2 heterocycles. The van der Waals surface area contributed by atoms with E-state index in [1.807, 2.05) is 24.3 Å². The molecule has 0 amide bonds. The number of nitrogens with zero attached hydrogens (tertiary/aromatic N) is 2. The Kier molecular flexibility index (Phi) is 3.50. The third kappa shape index (κ3) is 2.02. The van der Waals surface area contributed by atoms with Crippen LogP contribution in [0.2, 0.25) is 0 Å². The van der Waals surface area contributed by atoms with Crippen LogP contribution in [0.15, 0.2) is 24.3 Å². The van der Waals surface area contributed by atoms with Gasteiger partial charge in [0, 0.05) is 26.2 Å². The van der Waals surface area contributed by atoms with E-state index in [0.29, 0.717) is 6.61 Å². The molecule has 1 saturated heterocycles. The lowest BCUT2D eigenvalue weighted by Gasteiger charge is -2.46. The maximum absolute atomic E-state index is 12.1. The summed E-state index contributed by atoms with van der Waals surface area (Å²) in [6.07, 6.45) is 0. The van der Waals surface area contributed by atoms with Crippen LogP contribution in [-0.4, -0.2) is 60.7 Å². The van der Waals surface area contributed by atoms with E-state index in [4.69, 9.17) is 4.74 Å². The molecule has 0 aliphatic carbocycles. The fourth-order valence-electron chi connectivity index (χ4n) is 3.20. The quantitative estimate of drug-likeness (QED) is 0.863. The number of carboxylic acid groups (broad SMARTS) is 1. The summed E-state index contributed by atoms with van der Waals surface area (Å²) in [6.45, 7) is 4.00. The Labute approximate surface area is 118 Å². The van der Waals surface area contributed by atoms with Crippen LogP contribution < -0.4 is 0 Å². The van der Waals surface area contributed by atoms with Crippen LogP contribution in [0, 0.1) is 0 Å². The van der Waals surface area contributed by atoms with Crippen LogP contribution >= 0.6 is 0 Å². The molecule has 0 radical (unpaired) electrons. The van der Waals surface area contributed by atoms with Gasteiger partial charge in [0.2, 0.25) is 0 Å². The van der Waals surface area contributed by atoms with Gasteiger partial charge in [-0.05, 0) is 18.2 Å². The van der Waals surface area contributed by atoms with Crippen molar-refractivity contribution in [2.75, 3.05) is 39.8 Å². The fourth-order valence-corrected chi connectivity index (χ4v) is 3.20. The molecular weight excluding hydrogens is 256 g/mol. The lowest BCUT2D eigenvalue weighted by molar-refractivity contribution is -0.162. The van der Waals surface area contributed by atoms with Gasteiger partial charge in [-0.3, -0.25) is 4.90 Å². The van der Waals surface area contributed by atoms with Crippen molar-refractivity contribution in [1.82, 2.24) is 9.80 Å². The zero-order chi connectivity index (χ0) is 14.2. The summed E-state index contributed by atoms with van der Waals surface area (Å²) in [5.41, 5.74) is 0.846. The standard InChI is InChI=1S/C15H20N2O3/c1-16-6-8-17(9-7-16)15(14(18)19)11-20-10-12-4-2-3-5-13(12)15/h2-5H,6-11H2,1H3,(H,18,19). The number of piperazine rings is 1. The van der Waals surface area contributed by atoms with Crippen molar-refractivity contribution in [3.8, 4) is 0 Å². The SMILES string of the molecule is CN1CCN(C2(C(=O)O)COCc3ccccc32)CC1. The molecule has 1 fully saturated rings. The highest BCUT2D eigenvalue weighted by Gasteiger charge is 2.49. The number of carbonyl (C=O) groups is 1. The summed E-state index contributed by atoms with van der Waals surface area (Å²) in [5.74, 6) is -0.811. The van der Waals surface area contributed by atoms with Crippen molar-refractivity contribution in [1.29, 1.82) is 0 Å². The maximum atomic E-state index is 12.1. The Morgan fingerprint density at radius 1 is 1.25 bits per heavy atom. The molecule has 5 heteroatoms. The second-order valence-electron chi connectivity index (χ2n) is 5.61. The van der Waals surface area contributed by atoms with E-state index < -0.39 is 11.5 Å². The summed E-state index contributed by atoms with van der Waals surface area (Å²) in [4.78, 5) is 16.4. The summed E-state index contributed by atoms with van der Waals surface area (Å²) < 4.78 is 5.62. The van der Waals surface area contributed by atoms with Gasteiger partial charge >= 0.3 is 5.97 Å². The number of ether oxygens (including phenoxy) is 1. The summed E-state index contributed by atoms with van der Waals surface area (Å²) in [5, 5.41) is 9.92. The number of aliphatic carboxylic acids is 1. The second-order valence-corrected chi connectivity index (χ2v) is 5.61. The second kappa shape index (κ2) is 5.16. The van der Waals surface area contributed by atoms with E-state index in [1.54, 1.807) is 0 Å². The topological polar surface area (TPSA) is 53.0 Å². The van der Waals surface area contributed by atoms with Gasteiger partial charge in [0.15, 0.2) is 5.54 Å². The van der Waals surface area contributed by atoms with Crippen LogP contribution in [0.5, 0.6) is 0 Å². The molecule has 2 aliphatic heterocycles. The number of fused-ring (bicyclic) bond motifs is 1. The van der Waals surface area contributed by atoms with Crippen molar-refractivity contribution in [3.05, 3.63) is 35.4 Å². The van der Waals surface area contributed by atoms with Gasteiger partial charge in [-0.2, -0.15) is 0 Å². The van der Waals surface area contributed by atoms with Crippen molar-refractivity contribution in [2.24, 2.45) is 0 Å². The van der Waals surface area contributed by atoms with E-state index in [1.165, 1.54) is 0 Å². The zero-order valence-corrected chi connectivity index (χ0v) is 11.7. The lowest BCUT2D eigenvalue weighted by Crippen LogP contribution is -2.61. The number of likely N-dealkylation sites (N-methyl/N-ethyl adjacent to an activating group) is 1. The first-order valence-corrected chi connectivity index (χ1v) is 6.98. The van der Waals surface area contributed by atoms with Crippen LogP contribution in [-0.2, 0) is 21.7 Å². The fraction of sp³-hybridized carbons (Fsp3) is 0.533. The van der Waals surface area contributed by atoms with Crippen LogP contribution in [0.25, 0.3) is 0 Å². The van der Waals surface area contributed by atoms with Crippen molar-refractivity contribution < 1.29 is 14.6 Å². The van der Waals surface area contributed by atoms with Crippen molar-refractivity contribution in [3.63, 3.8) is 0 Å². The van der Waals surface area contributed by atoms with Gasteiger partial charge in [-0.15, -0.1) is 0 Å². The molecular formula is C15H20N2O3. The third-order valence-corrected chi connectivity index (χ3v) is 4.43. The first kappa shape index (κ1) is 13.5. The molecule has 20 heavy (non-hydrogen) atoms. The molecule has 2 aliphatic rings. The molecule has 0 bridgehead atoms. The Balaban J connectivity index is 2.03. The van der Waals surface area contributed by atoms with Crippen LogP contribution in [0.4, 0.5) is 0 Å². The molecule has 0 saturated carbocycles. The molecule has 108 valence electrons. The Bertz CT molecular complexity index is 512. The summed E-state index contributed by atoms with van der Waals surface area (Å²) in [7, 11) is 2.07. The van der Waals surface area contributed by atoms with Gasteiger partial charge in [-0.1, -0.05) is 24.3 Å². The molecule has 0 spiro atoms. The third-order valence-electron chi connectivity index (χ3n) is 4.43. The minimum absolute atomic E-state index is 0.225.